The first-order valence-electron chi connectivity index (χ1n) is 10.0. The van der Waals surface area contributed by atoms with Gasteiger partial charge in [-0.1, -0.05) is 30.3 Å². The van der Waals surface area contributed by atoms with E-state index in [1.165, 1.54) is 29.2 Å². The Morgan fingerprint density at radius 3 is 2.44 bits per heavy atom. The van der Waals surface area contributed by atoms with Gasteiger partial charge in [-0.25, -0.2) is 4.79 Å². The van der Waals surface area contributed by atoms with Gasteiger partial charge in [0.2, 0.25) is 11.3 Å². The summed E-state index contributed by atoms with van der Waals surface area (Å²) >= 11 is -1.60. The zero-order valence-corrected chi connectivity index (χ0v) is 18.2. The van der Waals surface area contributed by atoms with Crippen LogP contribution in [0.15, 0.2) is 54.6 Å². The van der Waals surface area contributed by atoms with E-state index in [2.05, 4.69) is 0 Å². The highest BCUT2D eigenvalue weighted by atomic mass is 32.2. The van der Waals surface area contributed by atoms with Crippen molar-refractivity contribution in [3.05, 3.63) is 75.8 Å². The molecule has 32 heavy (non-hydrogen) atoms. The lowest BCUT2D eigenvalue weighted by molar-refractivity contribution is -0.384. The molecule has 2 aliphatic rings. The Bertz CT molecular complexity index is 1040. The van der Waals surface area contributed by atoms with Crippen molar-refractivity contribution < 1.29 is 28.9 Å². The van der Waals surface area contributed by atoms with Gasteiger partial charge < -0.3 is 14.4 Å². The second kappa shape index (κ2) is 8.19. The minimum Gasteiger partial charge on any atom is -0.614 e. The zero-order valence-electron chi connectivity index (χ0n) is 17.4. The van der Waals surface area contributed by atoms with Crippen LogP contribution in [-0.4, -0.2) is 47.5 Å². The van der Waals surface area contributed by atoms with Crippen molar-refractivity contribution in [3.8, 4) is 0 Å². The number of nitrogens with zero attached hydrogens (tertiary/aromatic N) is 2. The molecular formula is C22H22N2O7S. The number of nitro groups is 1. The molecular weight excluding hydrogens is 436 g/mol. The molecule has 0 saturated carbocycles. The van der Waals surface area contributed by atoms with Crippen LogP contribution in [0.3, 0.4) is 0 Å². The third-order valence-electron chi connectivity index (χ3n) is 6.03. The highest BCUT2D eigenvalue weighted by Crippen LogP contribution is 2.52. The number of amides is 1. The number of esters is 1. The highest BCUT2D eigenvalue weighted by Gasteiger charge is 2.73. The summed E-state index contributed by atoms with van der Waals surface area (Å²) in [6.45, 7) is 3.13. The van der Waals surface area contributed by atoms with Crippen LogP contribution in [0, 0.1) is 16.0 Å². The number of fused-ring (bicyclic) bond motifs is 1. The van der Waals surface area contributed by atoms with Crippen molar-refractivity contribution in [1.82, 2.24) is 4.90 Å². The standard InChI is InChI=1S/C22H22N2O7S/c1-22(2)18(21(27)31-12-13-8-10-15(11-9-13)24(28)29)23-19(26)16(20(23)32(22)30)17(25)14-6-4-3-5-7-14/h3-11,16-18,20,25H,12H2,1-2H3/t16-,17+,18+,20-,32-/m1/s1. The van der Waals surface area contributed by atoms with Gasteiger partial charge in [0.15, 0.2) is 10.8 Å². The molecule has 0 aliphatic carbocycles. The second-order valence-electron chi connectivity index (χ2n) is 8.35. The molecule has 2 aromatic carbocycles. The number of aliphatic hydroxyl groups is 1. The van der Waals surface area contributed by atoms with E-state index in [-0.39, 0.29) is 12.3 Å². The van der Waals surface area contributed by atoms with Crippen molar-refractivity contribution in [2.24, 2.45) is 5.92 Å². The largest absolute Gasteiger partial charge is 0.614 e. The summed E-state index contributed by atoms with van der Waals surface area (Å²) in [5, 5.41) is 20.7. The topological polar surface area (TPSA) is 133 Å². The van der Waals surface area contributed by atoms with E-state index < -0.39 is 56.2 Å². The minimum atomic E-state index is -1.60. The fraction of sp³-hybridized carbons (Fsp3) is 0.364. The number of non-ortho nitro benzene ring substituents is 1. The van der Waals surface area contributed by atoms with Gasteiger partial charge in [0.25, 0.3) is 5.69 Å². The Morgan fingerprint density at radius 2 is 1.84 bits per heavy atom. The van der Waals surface area contributed by atoms with Crippen LogP contribution in [0.25, 0.3) is 0 Å². The molecule has 2 aromatic rings. The molecule has 5 atom stereocenters. The van der Waals surface area contributed by atoms with Crippen molar-refractivity contribution in [1.29, 1.82) is 0 Å². The third kappa shape index (κ3) is 3.54. The van der Waals surface area contributed by atoms with Crippen LogP contribution in [0.5, 0.6) is 0 Å². The number of hydrogen-bond acceptors (Lipinski definition) is 7. The van der Waals surface area contributed by atoms with Crippen LogP contribution in [0.2, 0.25) is 0 Å². The number of nitro benzene ring substituents is 1. The molecule has 0 aromatic heterocycles. The molecule has 2 aliphatic heterocycles. The summed E-state index contributed by atoms with van der Waals surface area (Å²) in [5.74, 6) is -2.04. The molecule has 1 N–H and O–H groups in total. The lowest BCUT2D eigenvalue weighted by Crippen LogP contribution is -2.65. The van der Waals surface area contributed by atoms with Gasteiger partial charge in [-0.2, -0.15) is 0 Å². The van der Waals surface area contributed by atoms with E-state index >= 15 is 0 Å². The minimum absolute atomic E-state index is 0.0792. The Kier molecular flexibility index (Phi) is 5.70. The van der Waals surface area contributed by atoms with Crippen LogP contribution in [0.1, 0.15) is 31.1 Å². The fourth-order valence-corrected chi connectivity index (χ4v) is 6.29. The summed E-state index contributed by atoms with van der Waals surface area (Å²) in [6, 6.07) is 13.2. The van der Waals surface area contributed by atoms with Gasteiger partial charge in [0.1, 0.15) is 12.5 Å². The Balaban J connectivity index is 1.49. The van der Waals surface area contributed by atoms with Crippen molar-refractivity contribution in [2.45, 2.75) is 42.7 Å². The first-order chi connectivity index (χ1) is 15.1. The van der Waals surface area contributed by atoms with Crippen LogP contribution in [-0.2, 0) is 32.1 Å². The number of hydrogen-bond donors (Lipinski definition) is 1. The van der Waals surface area contributed by atoms with Gasteiger partial charge in [0, 0.05) is 12.1 Å². The lowest BCUT2D eigenvalue weighted by Gasteiger charge is -2.43. The maximum absolute atomic E-state index is 13.2. The molecule has 9 nitrogen and oxygen atoms in total. The fourth-order valence-electron chi connectivity index (χ4n) is 4.27. The van der Waals surface area contributed by atoms with Gasteiger partial charge >= 0.3 is 5.97 Å². The van der Waals surface area contributed by atoms with Crippen molar-refractivity contribution >= 4 is 28.7 Å². The zero-order chi connectivity index (χ0) is 23.2. The van der Waals surface area contributed by atoms with E-state index in [1.807, 2.05) is 0 Å². The molecule has 2 saturated heterocycles. The van der Waals surface area contributed by atoms with Gasteiger partial charge in [-0.15, -0.1) is 0 Å². The monoisotopic (exact) mass is 458 g/mol. The summed E-state index contributed by atoms with van der Waals surface area (Å²) in [4.78, 5) is 37.4. The van der Waals surface area contributed by atoms with Gasteiger partial charge in [-0.3, -0.25) is 19.8 Å². The Hall–Kier alpha value is -2.95. The average Bonchev–Trinajstić information content (AvgIpc) is 2.96. The molecule has 0 radical (unpaired) electrons. The second-order valence-corrected chi connectivity index (χ2v) is 10.5. The Labute approximate surface area is 187 Å². The first kappa shape index (κ1) is 22.3. The third-order valence-corrected chi connectivity index (χ3v) is 8.25. The molecule has 0 spiro atoms. The number of β-lactam (4-membered cyclic amide) rings is 1. The maximum atomic E-state index is 13.2. The molecule has 2 fully saturated rings. The molecule has 0 bridgehead atoms. The molecule has 4 rings (SSSR count). The molecule has 0 unspecified atom stereocenters. The quantitative estimate of drug-likeness (QED) is 0.230. The lowest BCUT2D eigenvalue weighted by atomic mass is 9.85. The van der Waals surface area contributed by atoms with Crippen LogP contribution < -0.4 is 0 Å². The number of carbonyl (C=O) groups is 2. The predicted octanol–water partition coefficient (Wildman–Crippen LogP) is 2.07. The normalized spacial score (nSPS) is 26.8. The van der Waals surface area contributed by atoms with Gasteiger partial charge in [0.05, 0.1) is 11.0 Å². The average molecular weight is 458 g/mol. The summed E-state index contributed by atoms with van der Waals surface area (Å²) in [6.07, 6.45) is -1.13. The summed E-state index contributed by atoms with van der Waals surface area (Å²) in [5.41, 5.74) is 1.01. The van der Waals surface area contributed by atoms with E-state index in [4.69, 9.17) is 4.74 Å². The van der Waals surface area contributed by atoms with E-state index in [1.54, 1.807) is 44.2 Å². The molecule has 2 heterocycles. The van der Waals surface area contributed by atoms with Crippen LogP contribution >= 0.6 is 0 Å². The number of ether oxygens (including phenoxy) is 1. The van der Waals surface area contributed by atoms with Crippen molar-refractivity contribution in [3.63, 3.8) is 0 Å². The number of carbonyl (C=O) groups excluding carboxylic acids is 2. The first-order valence-corrected chi connectivity index (χ1v) is 11.2. The number of benzene rings is 2. The summed E-state index contributed by atoms with van der Waals surface area (Å²) in [7, 11) is 0. The smallest absolute Gasteiger partial charge is 0.334 e. The molecule has 1 amide bonds. The van der Waals surface area contributed by atoms with E-state index in [9.17, 15) is 29.4 Å². The maximum Gasteiger partial charge on any atom is 0.334 e. The Morgan fingerprint density at radius 1 is 1.22 bits per heavy atom. The highest BCUT2D eigenvalue weighted by molar-refractivity contribution is 7.93. The number of rotatable bonds is 6. The number of aliphatic hydroxyl groups excluding tert-OH is 1. The molecule has 10 heteroatoms. The van der Waals surface area contributed by atoms with E-state index in [0.29, 0.717) is 11.1 Å². The SMILES string of the molecule is CC1(C)[C@H](C(=O)OCc2ccc([N+](=O)[O-])cc2)N2C(=O)[C@@H]([C@@H](O)c3ccccc3)[C@H]2[S@@+]1[O-]. The van der Waals surface area contributed by atoms with Crippen molar-refractivity contribution in [2.75, 3.05) is 0 Å². The predicted molar refractivity (Wildman–Crippen MR) is 114 cm³/mol. The summed E-state index contributed by atoms with van der Waals surface area (Å²) < 4.78 is 17.5. The molecule has 168 valence electrons. The van der Waals surface area contributed by atoms with Gasteiger partial charge in [-0.05, 0) is 48.3 Å². The van der Waals surface area contributed by atoms with E-state index in [0.717, 1.165) is 0 Å². The van der Waals surface area contributed by atoms with Crippen LogP contribution in [0.4, 0.5) is 5.69 Å².